The van der Waals surface area contributed by atoms with E-state index in [4.69, 9.17) is 4.42 Å². The lowest BCUT2D eigenvalue weighted by molar-refractivity contribution is -0.120. The van der Waals surface area contributed by atoms with Gasteiger partial charge in [0.2, 0.25) is 5.91 Å². The molecule has 0 bridgehead atoms. The van der Waals surface area contributed by atoms with Crippen LogP contribution in [0.4, 0.5) is 0 Å². The number of furan rings is 1. The van der Waals surface area contributed by atoms with Crippen molar-refractivity contribution in [1.29, 1.82) is 0 Å². The molecule has 0 aliphatic heterocycles. The van der Waals surface area contributed by atoms with E-state index in [0.29, 0.717) is 17.3 Å². The van der Waals surface area contributed by atoms with Gasteiger partial charge in [0.25, 0.3) is 0 Å². The van der Waals surface area contributed by atoms with Gasteiger partial charge in [-0.15, -0.1) is 0 Å². The first-order valence-corrected chi connectivity index (χ1v) is 9.32. The SMILES string of the molecule is CCc1c(/C(C)=N/NC(=O)Cc2nc3ccccc3n2C)oc2ccccc12. The Morgan fingerprint density at radius 2 is 1.93 bits per heavy atom. The molecule has 0 aliphatic carbocycles. The monoisotopic (exact) mass is 374 g/mol. The summed E-state index contributed by atoms with van der Waals surface area (Å²) >= 11 is 0. The molecule has 0 unspecified atom stereocenters. The van der Waals surface area contributed by atoms with Crippen molar-refractivity contribution in [2.75, 3.05) is 0 Å². The van der Waals surface area contributed by atoms with E-state index < -0.39 is 0 Å². The first kappa shape index (κ1) is 18.0. The topological polar surface area (TPSA) is 72.4 Å². The summed E-state index contributed by atoms with van der Waals surface area (Å²) in [5.41, 5.74) is 7.08. The third-order valence-corrected chi connectivity index (χ3v) is 4.93. The second-order valence-corrected chi connectivity index (χ2v) is 6.74. The van der Waals surface area contributed by atoms with Gasteiger partial charge < -0.3 is 8.98 Å². The van der Waals surface area contributed by atoms with Crippen molar-refractivity contribution in [2.24, 2.45) is 12.1 Å². The molecule has 2 aromatic heterocycles. The highest BCUT2D eigenvalue weighted by molar-refractivity contribution is 6.02. The summed E-state index contributed by atoms with van der Waals surface area (Å²) in [5.74, 6) is 1.20. The van der Waals surface area contributed by atoms with Gasteiger partial charge in [-0.1, -0.05) is 37.3 Å². The molecule has 0 spiro atoms. The van der Waals surface area contributed by atoms with Crippen LogP contribution in [0.5, 0.6) is 0 Å². The molecule has 1 N–H and O–H groups in total. The van der Waals surface area contributed by atoms with E-state index in [1.165, 1.54) is 0 Å². The van der Waals surface area contributed by atoms with Crippen LogP contribution < -0.4 is 5.43 Å². The van der Waals surface area contributed by atoms with Crippen molar-refractivity contribution in [1.82, 2.24) is 15.0 Å². The van der Waals surface area contributed by atoms with Crippen molar-refractivity contribution in [3.05, 3.63) is 65.7 Å². The van der Waals surface area contributed by atoms with Crippen LogP contribution in [-0.4, -0.2) is 21.2 Å². The Morgan fingerprint density at radius 3 is 2.71 bits per heavy atom. The third kappa shape index (κ3) is 3.17. The molecule has 6 nitrogen and oxygen atoms in total. The van der Waals surface area contributed by atoms with E-state index in [1.54, 1.807) is 0 Å². The van der Waals surface area contributed by atoms with Gasteiger partial charge in [-0.25, -0.2) is 10.4 Å². The van der Waals surface area contributed by atoms with E-state index in [9.17, 15) is 4.79 Å². The summed E-state index contributed by atoms with van der Waals surface area (Å²) in [4.78, 5) is 16.9. The number of para-hydroxylation sites is 3. The number of hydrogen-bond donors (Lipinski definition) is 1. The fourth-order valence-electron chi connectivity index (χ4n) is 3.48. The van der Waals surface area contributed by atoms with Crippen LogP contribution >= 0.6 is 0 Å². The van der Waals surface area contributed by atoms with Crippen LogP contribution in [0.2, 0.25) is 0 Å². The molecule has 0 radical (unpaired) electrons. The highest BCUT2D eigenvalue weighted by Gasteiger charge is 2.16. The lowest BCUT2D eigenvalue weighted by atomic mass is 10.1. The number of benzene rings is 2. The lowest BCUT2D eigenvalue weighted by Crippen LogP contribution is -2.22. The molecule has 4 rings (SSSR count). The number of fused-ring (bicyclic) bond motifs is 2. The van der Waals surface area contributed by atoms with Crippen LogP contribution in [0.1, 0.15) is 31.0 Å². The minimum Gasteiger partial charge on any atom is -0.454 e. The summed E-state index contributed by atoms with van der Waals surface area (Å²) < 4.78 is 7.89. The number of amides is 1. The largest absolute Gasteiger partial charge is 0.454 e. The molecular formula is C22H22N4O2. The zero-order valence-corrected chi connectivity index (χ0v) is 16.2. The maximum atomic E-state index is 12.4. The predicted molar refractivity (Wildman–Crippen MR) is 110 cm³/mol. The Kier molecular flexibility index (Phi) is 4.69. The summed E-state index contributed by atoms with van der Waals surface area (Å²) in [5, 5.41) is 5.35. The third-order valence-electron chi connectivity index (χ3n) is 4.93. The molecule has 1 amide bonds. The molecule has 6 heteroatoms. The van der Waals surface area contributed by atoms with Gasteiger partial charge in [0.1, 0.15) is 17.1 Å². The number of hydrogen-bond acceptors (Lipinski definition) is 4. The molecule has 4 aromatic rings. The van der Waals surface area contributed by atoms with Crippen molar-refractivity contribution < 1.29 is 9.21 Å². The van der Waals surface area contributed by atoms with E-state index in [2.05, 4.69) is 22.4 Å². The van der Waals surface area contributed by atoms with Crippen LogP contribution in [0.15, 0.2) is 58.0 Å². The number of aryl methyl sites for hydroxylation is 2. The number of rotatable bonds is 5. The molecule has 0 atom stereocenters. The molecule has 28 heavy (non-hydrogen) atoms. The molecule has 142 valence electrons. The number of carbonyl (C=O) groups excluding carboxylic acids is 1. The number of imidazole rings is 1. The van der Waals surface area contributed by atoms with E-state index in [0.717, 1.165) is 34.0 Å². The van der Waals surface area contributed by atoms with Crippen molar-refractivity contribution >= 4 is 33.6 Å². The highest BCUT2D eigenvalue weighted by Crippen LogP contribution is 2.26. The summed E-state index contributed by atoms with van der Waals surface area (Å²) in [6.07, 6.45) is 0.982. The number of nitrogens with zero attached hydrogens (tertiary/aromatic N) is 3. The summed E-state index contributed by atoms with van der Waals surface area (Å²) in [6, 6.07) is 15.7. The van der Waals surface area contributed by atoms with Crippen molar-refractivity contribution in [3.8, 4) is 0 Å². The quantitative estimate of drug-likeness (QED) is 0.424. The zero-order chi connectivity index (χ0) is 19.7. The first-order chi connectivity index (χ1) is 13.6. The number of hydrazone groups is 1. The number of nitrogens with one attached hydrogen (secondary N) is 1. The molecule has 0 fully saturated rings. The fraction of sp³-hybridized carbons (Fsp3) is 0.227. The summed E-state index contributed by atoms with van der Waals surface area (Å²) in [6.45, 7) is 3.92. The zero-order valence-electron chi connectivity index (χ0n) is 16.2. The minimum atomic E-state index is -0.216. The molecule has 0 aliphatic rings. The van der Waals surface area contributed by atoms with Gasteiger partial charge in [0.05, 0.1) is 17.5 Å². The van der Waals surface area contributed by atoms with Crippen LogP contribution in [0.3, 0.4) is 0 Å². The second-order valence-electron chi connectivity index (χ2n) is 6.74. The van der Waals surface area contributed by atoms with Crippen molar-refractivity contribution in [3.63, 3.8) is 0 Å². The minimum absolute atomic E-state index is 0.155. The van der Waals surface area contributed by atoms with Gasteiger partial charge in [0.15, 0.2) is 5.76 Å². The van der Waals surface area contributed by atoms with Crippen LogP contribution in [0.25, 0.3) is 22.0 Å². The second kappa shape index (κ2) is 7.31. The molecular weight excluding hydrogens is 352 g/mol. The Labute approximate surface area is 162 Å². The van der Waals surface area contributed by atoms with Gasteiger partial charge in [0, 0.05) is 18.0 Å². The van der Waals surface area contributed by atoms with Crippen molar-refractivity contribution in [2.45, 2.75) is 26.7 Å². The van der Waals surface area contributed by atoms with Gasteiger partial charge in [-0.2, -0.15) is 5.10 Å². The Bertz CT molecular complexity index is 1200. The fourth-order valence-corrected chi connectivity index (χ4v) is 3.48. The normalized spacial score (nSPS) is 12.0. The molecule has 0 saturated carbocycles. The van der Waals surface area contributed by atoms with Gasteiger partial charge >= 0.3 is 0 Å². The smallest absolute Gasteiger partial charge is 0.247 e. The predicted octanol–water partition coefficient (Wildman–Crippen LogP) is 3.96. The maximum absolute atomic E-state index is 12.4. The highest BCUT2D eigenvalue weighted by atomic mass is 16.3. The van der Waals surface area contributed by atoms with Gasteiger partial charge in [-0.3, -0.25) is 4.79 Å². The van der Waals surface area contributed by atoms with E-state index in [1.807, 2.05) is 67.1 Å². The molecule has 2 heterocycles. The Morgan fingerprint density at radius 1 is 1.18 bits per heavy atom. The number of aromatic nitrogens is 2. The molecule has 2 aromatic carbocycles. The van der Waals surface area contributed by atoms with E-state index >= 15 is 0 Å². The van der Waals surface area contributed by atoms with Gasteiger partial charge in [-0.05, 0) is 31.5 Å². The lowest BCUT2D eigenvalue weighted by Gasteiger charge is -2.03. The summed E-state index contributed by atoms with van der Waals surface area (Å²) in [7, 11) is 1.91. The van der Waals surface area contributed by atoms with Crippen LogP contribution in [0, 0.1) is 0 Å². The first-order valence-electron chi connectivity index (χ1n) is 9.32. The Balaban J connectivity index is 1.53. The average Bonchev–Trinajstić information content (AvgIpc) is 3.24. The standard InChI is InChI=1S/C22H22N4O2/c1-4-15-16-9-5-8-12-19(16)28-22(15)14(2)24-25-21(27)13-20-23-17-10-6-7-11-18(17)26(20)3/h5-12H,4,13H2,1-3H3,(H,25,27)/b24-14+. The molecule has 0 saturated heterocycles. The average molecular weight is 374 g/mol. The maximum Gasteiger partial charge on any atom is 0.247 e. The van der Waals surface area contributed by atoms with E-state index in [-0.39, 0.29) is 12.3 Å². The van der Waals surface area contributed by atoms with Crippen LogP contribution in [-0.2, 0) is 24.7 Å². The number of carbonyl (C=O) groups is 1. The Hall–Kier alpha value is -3.41.